The minimum absolute atomic E-state index is 0.0159. The van der Waals surface area contributed by atoms with Gasteiger partial charge in [0.15, 0.2) is 23.1 Å². The van der Waals surface area contributed by atoms with E-state index in [1.807, 2.05) is 19.1 Å². The number of nitrogens with zero attached hydrogens (tertiary/aromatic N) is 2. The molecule has 2 heterocycles. The Morgan fingerprint density at radius 2 is 1.71 bits per heavy atom. The summed E-state index contributed by atoms with van der Waals surface area (Å²) in [7, 11) is 1.68. The molecular formula is C30H40FN3O4. The fraction of sp³-hybridized carbons (Fsp3) is 0.533. The standard InChI is InChI=1S/C30H40FN3O4/c1-7-37-24-16-20-17-34(29(32)25(20)26(31)28(24)38-8-2)18-23(35)19-14-21(30(3,4)5)27(36-6)22(15-19)33-12-10-9-11-13-33/h14-16,32H,7-13,17-18H2,1-6H3. The minimum Gasteiger partial charge on any atom is -0.494 e. The van der Waals surface area contributed by atoms with Crippen LogP contribution >= 0.6 is 0 Å². The zero-order valence-corrected chi connectivity index (χ0v) is 23.5. The van der Waals surface area contributed by atoms with E-state index < -0.39 is 5.82 Å². The molecule has 2 aliphatic rings. The number of carbonyl (C=O) groups excluding carboxylic acids is 1. The number of benzene rings is 2. The van der Waals surface area contributed by atoms with Crippen molar-refractivity contribution in [1.82, 2.24) is 4.90 Å². The van der Waals surface area contributed by atoms with E-state index in [0.29, 0.717) is 23.5 Å². The van der Waals surface area contributed by atoms with Gasteiger partial charge in [0.2, 0.25) is 0 Å². The molecule has 7 nitrogen and oxygen atoms in total. The average Bonchev–Trinajstić information content (AvgIpc) is 3.20. The molecule has 0 unspecified atom stereocenters. The molecule has 0 bridgehead atoms. The molecule has 0 amide bonds. The van der Waals surface area contributed by atoms with Crippen molar-refractivity contribution >= 4 is 17.3 Å². The number of hydrogen-bond acceptors (Lipinski definition) is 6. The molecule has 8 heteroatoms. The number of piperidine rings is 1. The quantitative estimate of drug-likeness (QED) is 0.408. The highest BCUT2D eigenvalue weighted by Crippen LogP contribution is 2.42. The van der Waals surface area contributed by atoms with Gasteiger partial charge in [0, 0.05) is 30.8 Å². The van der Waals surface area contributed by atoms with Crippen LogP contribution in [0.15, 0.2) is 18.2 Å². The Kier molecular flexibility index (Phi) is 8.19. The lowest BCUT2D eigenvalue weighted by Crippen LogP contribution is -2.32. The van der Waals surface area contributed by atoms with E-state index in [4.69, 9.17) is 19.6 Å². The predicted octanol–water partition coefficient (Wildman–Crippen LogP) is 5.94. The van der Waals surface area contributed by atoms with Crippen LogP contribution in [0.4, 0.5) is 10.1 Å². The van der Waals surface area contributed by atoms with Crippen molar-refractivity contribution in [2.24, 2.45) is 0 Å². The van der Waals surface area contributed by atoms with E-state index in [0.717, 1.165) is 42.9 Å². The zero-order valence-electron chi connectivity index (χ0n) is 23.5. The molecule has 0 spiro atoms. The number of fused-ring (bicyclic) bond motifs is 1. The summed E-state index contributed by atoms with van der Waals surface area (Å²) < 4.78 is 32.5. The molecule has 1 saturated heterocycles. The van der Waals surface area contributed by atoms with E-state index in [1.54, 1.807) is 25.0 Å². The molecule has 2 aliphatic heterocycles. The number of ketones is 1. The highest BCUT2D eigenvalue weighted by Gasteiger charge is 2.34. The smallest absolute Gasteiger partial charge is 0.197 e. The first-order valence-corrected chi connectivity index (χ1v) is 13.6. The van der Waals surface area contributed by atoms with Crippen LogP contribution in [0.3, 0.4) is 0 Å². The Morgan fingerprint density at radius 1 is 1.03 bits per heavy atom. The molecule has 206 valence electrons. The molecule has 2 aromatic carbocycles. The van der Waals surface area contributed by atoms with Crippen molar-refractivity contribution in [1.29, 1.82) is 5.41 Å². The number of rotatable bonds is 9. The van der Waals surface area contributed by atoms with Crippen LogP contribution in [-0.4, -0.2) is 56.5 Å². The normalized spacial score (nSPS) is 15.5. The van der Waals surface area contributed by atoms with Gasteiger partial charge in [0.1, 0.15) is 11.6 Å². The third kappa shape index (κ3) is 5.31. The van der Waals surface area contributed by atoms with Gasteiger partial charge in [0.25, 0.3) is 0 Å². The van der Waals surface area contributed by atoms with E-state index in [-0.39, 0.29) is 48.0 Å². The van der Waals surface area contributed by atoms with E-state index >= 15 is 4.39 Å². The van der Waals surface area contributed by atoms with Gasteiger partial charge in [-0.2, -0.15) is 0 Å². The molecule has 0 atom stereocenters. The fourth-order valence-corrected chi connectivity index (χ4v) is 5.34. The third-order valence-corrected chi connectivity index (χ3v) is 7.21. The maximum absolute atomic E-state index is 15.5. The molecule has 0 aromatic heterocycles. The second-order valence-electron chi connectivity index (χ2n) is 10.9. The summed E-state index contributed by atoms with van der Waals surface area (Å²) in [6.45, 7) is 12.6. The van der Waals surface area contributed by atoms with Crippen LogP contribution in [0.1, 0.15) is 80.9 Å². The summed E-state index contributed by atoms with van der Waals surface area (Å²) >= 11 is 0. The number of methoxy groups -OCH3 is 1. The van der Waals surface area contributed by atoms with E-state index in [2.05, 4.69) is 25.7 Å². The summed E-state index contributed by atoms with van der Waals surface area (Å²) in [6, 6.07) is 5.57. The minimum atomic E-state index is -0.611. The SMILES string of the molecule is CCOc1cc2c(c(F)c1OCC)C(=N)N(CC(=O)c1cc(N3CCCCC3)c(OC)c(C(C)(C)C)c1)C2. The first kappa shape index (κ1) is 27.7. The maximum Gasteiger partial charge on any atom is 0.197 e. The molecule has 38 heavy (non-hydrogen) atoms. The molecule has 1 N–H and O–H groups in total. The maximum atomic E-state index is 15.5. The highest BCUT2D eigenvalue weighted by molar-refractivity contribution is 6.06. The number of halogens is 1. The van der Waals surface area contributed by atoms with Crippen LogP contribution in [0.5, 0.6) is 17.2 Å². The number of ether oxygens (including phenoxy) is 3. The van der Waals surface area contributed by atoms with Gasteiger partial charge in [-0.3, -0.25) is 10.2 Å². The molecule has 2 aromatic rings. The Balaban J connectivity index is 1.67. The average molecular weight is 526 g/mol. The lowest BCUT2D eigenvalue weighted by atomic mass is 9.84. The molecule has 1 fully saturated rings. The van der Waals surface area contributed by atoms with E-state index in [9.17, 15) is 4.79 Å². The monoisotopic (exact) mass is 525 g/mol. The Morgan fingerprint density at radius 3 is 2.32 bits per heavy atom. The second-order valence-corrected chi connectivity index (χ2v) is 10.9. The lowest BCUT2D eigenvalue weighted by Gasteiger charge is -2.33. The van der Waals surface area contributed by atoms with E-state index in [1.165, 1.54) is 6.42 Å². The van der Waals surface area contributed by atoms with Gasteiger partial charge < -0.3 is 24.0 Å². The lowest BCUT2D eigenvalue weighted by molar-refractivity contribution is 0.0962. The number of nitrogens with one attached hydrogen (secondary N) is 1. The number of Topliss-reactive ketones (excluding diaryl/α,β-unsaturated/α-hetero) is 1. The number of amidine groups is 1. The Labute approximate surface area is 225 Å². The Bertz CT molecular complexity index is 1220. The van der Waals surface area contributed by atoms with Crippen molar-refractivity contribution in [3.8, 4) is 17.2 Å². The van der Waals surface area contributed by atoms with Gasteiger partial charge in [-0.25, -0.2) is 4.39 Å². The second kappa shape index (κ2) is 11.2. The first-order chi connectivity index (χ1) is 18.1. The predicted molar refractivity (Wildman–Crippen MR) is 148 cm³/mol. The van der Waals surface area contributed by atoms with Crippen LogP contribution in [0.2, 0.25) is 0 Å². The number of carbonyl (C=O) groups is 1. The highest BCUT2D eigenvalue weighted by atomic mass is 19.1. The van der Waals surface area contributed by atoms with Gasteiger partial charge in [-0.1, -0.05) is 20.8 Å². The molecule has 0 saturated carbocycles. The van der Waals surface area contributed by atoms with Crippen molar-refractivity contribution in [2.45, 2.75) is 65.8 Å². The van der Waals surface area contributed by atoms with Crippen LogP contribution in [0, 0.1) is 11.2 Å². The van der Waals surface area contributed by atoms with Crippen molar-refractivity contribution in [2.75, 3.05) is 44.9 Å². The van der Waals surface area contributed by atoms with Gasteiger partial charge >= 0.3 is 0 Å². The molecule has 0 aliphatic carbocycles. The van der Waals surface area contributed by atoms with Crippen LogP contribution in [-0.2, 0) is 12.0 Å². The van der Waals surface area contributed by atoms with Crippen LogP contribution < -0.4 is 19.1 Å². The van der Waals surface area contributed by atoms with Crippen molar-refractivity contribution in [3.63, 3.8) is 0 Å². The summed E-state index contributed by atoms with van der Waals surface area (Å²) in [5.74, 6) is 0.399. The largest absolute Gasteiger partial charge is 0.494 e. The summed E-state index contributed by atoms with van der Waals surface area (Å²) in [6.07, 6.45) is 3.41. The summed E-state index contributed by atoms with van der Waals surface area (Å²) in [5, 5.41) is 8.70. The number of hydrogen-bond donors (Lipinski definition) is 1. The van der Waals surface area contributed by atoms with Crippen molar-refractivity contribution in [3.05, 3.63) is 46.3 Å². The topological polar surface area (TPSA) is 75.1 Å². The molecule has 0 radical (unpaired) electrons. The van der Waals surface area contributed by atoms with Gasteiger partial charge in [0.05, 0.1) is 38.1 Å². The summed E-state index contributed by atoms with van der Waals surface area (Å²) in [4.78, 5) is 17.6. The van der Waals surface area contributed by atoms with Gasteiger partial charge in [-0.15, -0.1) is 0 Å². The zero-order chi connectivity index (χ0) is 27.6. The third-order valence-electron chi connectivity index (χ3n) is 7.21. The Hall–Kier alpha value is -3.29. The van der Waals surface area contributed by atoms with Gasteiger partial charge in [-0.05, 0) is 62.3 Å². The number of anilines is 1. The summed E-state index contributed by atoms with van der Waals surface area (Å²) in [5.41, 5.74) is 3.04. The van der Waals surface area contributed by atoms with Crippen molar-refractivity contribution < 1.29 is 23.4 Å². The molecule has 4 rings (SSSR count). The van der Waals surface area contributed by atoms with Crippen LogP contribution in [0.25, 0.3) is 0 Å². The fourth-order valence-electron chi connectivity index (χ4n) is 5.34. The first-order valence-electron chi connectivity index (χ1n) is 13.6. The molecular weight excluding hydrogens is 485 g/mol.